The van der Waals surface area contributed by atoms with Crippen LogP contribution < -0.4 is 5.32 Å². The third-order valence-electron chi connectivity index (χ3n) is 3.71. The summed E-state index contributed by atoms with van der Waals surface area (Å²) in [6, 6.07) is 2.00. The monoisotopic (exact) mass is 245 g/mol. The molecule has 18 heavy (non-hydrogen) atoms. The quantitative estimate of drug-likeness (QED) is 0.899. The van der Waals surface area contributed by atoms with Gasteiger partial charge in [0.2, 0.25) is 0 Å². The van der Waals surface area contributed by atoms with E-state index in [0.717, 1.165) is 25.4 Å². The molecule has 0 aromatic carbocycles. The molecule has 0 saturated carbocycles. The van der Waals surface area contributed by atoms with Gasteiger partial charge in [-0.15, -0.1) is 0 Å². The average Bonchev–Trinajstić information content (AvgIpc) is 2.99. The molecule has 1 aliphatic heterocycles. The van der Waals surface area contributed by atoms with Crippen LogP contribution >= 0.6 is 0 Å². The fourth-order valence-corrected chi connectivity index (χ4v) is 2.65. The van der Waals surface area contributed by atoms with Gasteiger partial charge in [0.05, 0.1) is 12.8 Å². The smallest absolute Gasteiger partial charge is 0.120 e. The van der Waals surface area contributed by atoms with Crippen LogP contribution in [0.4, 0.5) is 0 Å². The van der Waals surface area contributed by atoms with Gasteiger partial charge in [0.1, 0.15) is 11.6 Å². The van der Waals surface area contributed by atoms with Crippen molar-refractivity contribution in [2.24, 2.45) is 0 Å². The van der Waals surface area contributed by atoms with Gasteiger partial charge in [-0.05, 0) is 31.4 Å². The van der Waals surface area contributed by atoms with E-state index in [2.05, 4.69) is 28.0 Å². The number of rotatable bonds is 4. The van der Waals surface area contributed by atoms with Crippen LogP contribution in [0.2, 0.25) is 0 Å². The molecule has 96 valence electrons. The number of hydrogen-bond acceptors (Lipinski definition) is 3. The molecular weight excluding hydrogens is 226 g/mol. The Morgan fingerprint density at radius 3 is 3.33 bits per heavy atom. The fraction of sp³-hybridized carbons (Fsp3) is 0.500. The van der Waals surface area contributed by atoms with Crippen molar-refractivity contribution < 1.29 is 4.42 Å². The van der Waals surface area contributed by atoms with Crippen LogP contribution in [0.5, 0.6) is 0 Å². The SMILES string of the molecule is Cc1ccoc1CNC[C@@H]1CCCn2ccnc21. The van der Waals surface area contributed by atoms with Gasteiger partial charge in [0.25, 0.3) is 0 Å². The van der Waals surface area contributed by atoms with E-state index >= 15 is 0 Å². The summed E-state index contributed by atoms with van der Waals surface area (Å²) in [6.45, 7) is 4.96. The Morgan fingerprint density at radius 2 is 2.50 bits per heavy atom. The number of nitrogens with one attached hydrogen (secondary N) is 1. The van der Waals surface area contributed by atoms with Crippen LogP contribution in [0.25, 0.3) is 0 Å². The van der Waals surface area contributed by atoms with Crippen molar-refractivity contribution in [3.8, 4) is 0 Å². The van der Waals surface area contributed by atoms with E-state index in [-0.39, 0.29) is 0 Å². The number of imidazole rings is 1. The largest absolute Gasteiger partial charge is 0.468 e. The number of fused-ring (bicyclic) bond motifs is 1. The minimum Gasteiger partial charge on any atom is -0.468 e. The first-order chi connectivity index (χ1) is 8.84. The van der Waals surface area contributed by atoms with Crippen LogP contribution in [0.15, 0.2) is 29.1 Å². The molecule has 3 heterocycles. The summed E-state index contributed by atoms with van der Waals surface area (Å²) >= 11 is 0. The Morgan fingerprint density at radius 1 is 1.56 bits per heavy atom. The molecule has 0 amide bonds. The Hall–Kier alpha value is -1.55. The second-order valence-corrected chi connectivity index (χ2v) is 4.98. The van der Waals surface area contributed by atoms with Crippen LogP contribution in [0.1, 0.15) is 35.9 Å². The lowest BCUT2D eigenvalue weighted by atomic mass is 9.99. The van der Waals surface area contributed by atoms with Gasteiger partial charge in [-0.2, -0.15) is 0 Å². The van der Waals surface area contributed by atoms with E-state index in [1.807, 2.05) is 12.3 Å². The van der Waals surface area contributed by atoms with E-state index in [4.69, 9.17) is 4.42 Å². The van der Waals surface area contributed by atoms with Crippen molar-refractivity contribution in [3.63, 3.8) is 0 Å². The van der Waals surface area contributed by atoms with Crippen molar-refractivity contribution in [1.29, 1.82) is 0 Å². The maximum Gasteiger partial charge on any atom is 0.120 e. The summed E-state index contributed by atoms with van der Waals surface area (Å²) in [7, 11) is 0. The zero-order chi connectivity index (χ0) is 12.4. The summed E-state index contributed by atoms with van der Waals surface area (Å²) < 4.78 is 7.70. The van der Waals surface area contributed by atoms with Crippen LogP contribution in [-0.2, 0) is 13.1 Å². The predicted octanol–water partition coefficient (Wildman–Crippen LogP) is 2.45. The van der Waals surface area contributed by atoms with Gasteiger partial charge < -0.3 is 14.3 Å². The molecule has 0 fully saturated rings. The van der Waals surface area contributed by atoms with E-state index in [1.165, 1.54) is 24.2 Å². The second-order valence-electron chi connectivity index (χ2n) is 4.98. The van der Waals surface area contributed by atoms with Crippen molar-refractivity contribution in [3.05, 3.63) is 41.9 Å². The highest BCUT2D eigenvalue weighted by Gasteiger charge is 2.20. The maximum absolute atomic E-state index is 5.42. The average molecular weight is 245 g/mol. The van der Waals surface area contributed by atoms with Crippen molar-refractivity contribution in [2.75, 3.05) is 6.54 Å². The highest BCUT2D eigenvalue weighted by Crippen LogP contribution is 2.24. The van der Waals surface area contributed by atoms with Gasteiger partial charge in [-0.3, -0.25) is 0 Å². The summed E-state index contributed by atoms with van der Waals surface area (Å²) in [4.78, 5) is 4.47. The third kappa shape index (κ3) is 2.20. The second kappa shape index (κ2) is 4.98. The molecule has 0 unspecified atom stereocenters. The minimum absolute atomic E-state index is 0.531. The standard InChI is InChI=1S/C14H19N3O/c1-11-4-8-18-13(11)10-15-9-12-3-2-6-17-7-5-16-14(12)17/h4-5,7-8,12,15H,2-3,6,9-10H2,1H3/t12-/m0/s1. The van der Waals surface area contributed by atoms with E-state index < -0.39 is 0 Å². The zero-order valence-corrected chi connectivity index (χ0v) is 10.7. The normalized spacial score (nSPS) is 18.8. The topological polar surface area (TPSA) is 43.0 Å². The van der Waals surface area contributed by atoms with E-state index in [0.29, 0.717) is 5.92 Å². The van der Waals surface area contributed by atoms with Crippen LogP contribution in [0, 0.1) is 6.92 Å². The molecule has 0 saturated heterocycles. The van der Waals surface area contributed by atoms with Gasteiger partial charge in [0, 0.05) is 31.4 Å². The Balaban J connectivity index is 1.57. The maximum atomic E-state index is 5.42. The minimum atomic E-state index is 0.531. The van der Waals surface area contributed by atoms with Crippen molar-refractivity contribution in [1.82, 2.24) is 14.9 Å². The molecule has 1 atom stereocenters. The molecule has 1 aliphatic rings. The lowest BCUT2D eigenvalue weighted by Crippen LogP contribution is -2.26. The molecular formula is C14H19N3O. The molecule has 4 heteroatoms. The van der Waals surface area contributed by atoms with E-state index in [9.17, 15) is 0 Å². The Labute approximate surface area is 107 Å². The molecule has 2 aromatic rings. The van der Waals surface area contributed by atoms with E-state index in [1.54, 1.807) is 6.26 Å². The summed E-state index contributed by atoms with van der Waals surface area (Å²) in [5.74, 6) is 2.79. The summed E-state index contributed by atoms with van der Waals surface area (Å²) in [5, 5.41) is 3.48. The number of nitrogens with zero attached hydrogens (tertiary/aromatic N) is 2. The van der Waals surface area contributed by atoms with Gasteiger partial charge in [-0.1, -0.05) is 0 Å². The van der Waals surface area contributed by atoms with Gasteiger partial charge in [-0.25, -0.2) is 4.98 Å². The molecule has 1 N–H and O–H groups in total. The number of aryl methyl sites for hydroxylation is 2. The van der Waals surface area contributed by atoms with Crippen molar-refractivity contribution in [2.45, 2.75) is 38.8 Å². The fourth-order valence-electron chi connectivity index (χ4n) is 2.65. The highest BCUT2D eigenvalue weighted by atomic mass is 16.3. The Bertz CT molecular complexity index is 515. The van der Waals surface area contributed by atoms with Crippen LogP contribution in [0.3, 0.4) is 0 Å². The van der Waals surface area contributed by atoms with Crippen molar-refractivity contribution >= 4 is 0 Å². The molecule has 0 radical (unpaired) electrons. The third-order valence-corrected chi connectivity index (χ3v) is 3.71. The summed E-state index contributed by atoms with van der Waals surface area (Å²) in [5.41, 5.74) is 1.22. The number of furan rings is 1. The lowest BCUT2D eigenvalue weighted by molar-refractivity contribution is 0.409. The lowest BCUT2D eigenvalue weighted by Gasteiger charge is -2.23. The Kier molecular flexibility index (Phi) is 3.19. The molecule has 2 aromatic heterocycles. The van der Waals surface area contributed by atoms with Gasteiger partial charge >= 0.3 is 0 Å². The molecule has 4 nitrogen and oxygen atoms in total. The predicted molar refractivity (Wildman–Crippen MR) is 69.4 cm³/mol. The van der Waals surface area contributed by atoms with Gasteiger partial charge in [0.15, 0.2) is 0 Å². The first-order valence-electron chi connectivity index (χ1n) is 6.59. The highest BCUT2D eigenvalue weighted by molar-refractivity contribution is 5.14. The van der Waals surface area contributed by atoms with Crippen LogP contribution in [-0.4, -0.2) is 16.1 Å². The molecule has 0 bridgehead atoms. The number of aromatic nitrogens is 2. The summed E-state index contributed by atoms with van der Waals surface area (Å²) in [6.07, 6.45) is 8.21. The first-order valence-corrected chi connectivity index (χ1v) is 6.59. The molecule has 0 spiro atoms. The molecule has 3 rings (SSSR count). The zero-order valence-electron chi connectivity index (χ0n) is 10.7. The first kappa shape index (κ1) is 11.5. The number of hydrogen-bond donors (Lipinski definition) is 1. The molecule has 0 aliphatic carbocycles.